The van der Waals surface area contributed by atoms with Crippen molar-refractivity contribution in [1.82, 2.24) is 6.15 Å². The first-order valence-corrected chi connectivity index (χ1v) is 1.75. The van der Waals surface area contributed by atoms with Gasteiger partial charge in [0.25, 0.3) is 0 Å². The second-order valence-electron chi connectivity index (χ2n) is 0.253. The van der Waals surface area contributed by atoms with Gasteiger partial charge in [-0.15, -0.1) is 9.79 Å². The zero-order valence-corrected chi connectivity index (χ0v) is 3.85. The molecule has 0 spiro atoms. The first-order chi connectivity index (χ1) is 1.73. The molecular formula is H7NO4P+. The van der Waals surface area contributed by atoms with Crippen LogP contribution < -0.4 is 6.15 Å². The first-order valence-electron chi connectivity index (χ1n) is 0.583. The van der Waals surface area contributed by atoms with Crippen molar-refractivity contribution in [2.75, 3.05) is 0 Å². The van der Waals surface area contributed by atoms with Crippen LogP contribution in [0.25, 0.3) is 0 Å². The van der Waals surface area contributed by atoms with Crippen molar-refractivity contribution >= 4 is 8.25 Å². The van der Waals surface area contributed by atoms with Crippen molar-refractivity contribution in [3.63, 3.8) is 0 Å². The molecule has 0 saturated carbocycles. The molecule has 0 aliphatic heterocycles. The molecule has 7 N–H and O–H groups in total. The molecule has 0 aromatic carbocycles. The molecule has 0 amide bonds. The van der Waals surface area contributed by atoms with Gasteiger partial charge in [0.2, 0.25) is 0 Å². The van der Waals surface area contributed by atoms with E-state index in [1.807, 2.05) is 0 Å². The fourth-order valence-electron chi connectivity index (χ4n) is 0. The summed E-state index contributed by atoms with van der Waals surface area (Å²) < 4.78 is 8.70. The summed E-state index contributed by atoms with van der Waals surface area (Å²) in [7, 11) is -2.87. The lowest BCUT2D eigenvalue weighted by Gasteiger charge is -1.34. The maximum Gasteiger partial charge on any atom is 0.692 e. The van der Waals surface area contributed by atoms with E-state index in [0.29, 0.717) is 0 Å². The SMILES string of the molecule is N.O.O=[P+](O)O. The lowest BCUT2D eigenvalue weighted by molar-refractivity contribution is 0.405. The summed E-state index contributed by atoms with van der Waals surface area (Å²) in [6.07, 6.45) is 0. The summed E-state index contributed by atoms with van der Waals surface area (Å²) in [5.41, 5.74) is 0. The number of hydrogen-bond donors (Lipinski definition) is 3. The standard InChI is InChI=1S/H3N.HO3P.H2O/c;1-4(2)3;/h1H3;(H-,1,2,3);1H2/p+1. The number of rotatable bonds is 0. The highest BCUT2D eigenvalue weighted by molar-refractivity contribution is 7.30. The van der Waals surface area contributed by atoms with Gasteiger partial charge in [-0.3, -0.25) is 0 Å². The normalized spacial score (nSPS) is 4.33. The second-order valence-corrected chi connectivity index (χ2v) is 0.758. The van der Waals surface area contributed by atoms with Gasteiger partial charge in [-0.25, -0.2) is 0 Å². The lowest BCUT2D eigenvalue weighted by Crippen LogP contribution is -1.38. The minimum absolute atomic E-state index is 0. The van der Waals surface area contributed by atoms with Gasteiger partial charge in [0.05, 0.1) is 0 Å². The highest BCUT2D eigenvalue weighted by atomic mass is 31.1. The summed E-state index contributed by atoms with van der Waals surface area (Å²) in [5, 5.41) is 0. The molecule has 0 fully saturated rings. The molecule has 0 aliphatic rings. The lowest BCUT2D eigenvalue weighted by atomic mass is 14.0. The summed E-state index contributed by atoms with van der Waals surface area (Å²) in [6, 6.07) is 0. The van der Waals surface area contributed by atoms with E-state index >= 15 is 0 Å². The molecule has 0 heterocycles. The maximum absolute atomic E-state index is 8.70. The second kappa shape index (κ2) is 8.87. The fourth-order valence-corrected chi connectivity index (χ4v) is 0. The van der Waals surface area contributed by atoms with E-state index in [9.17, 15) is 0 Å². The van der Waals surface area contributed by atoms with Crippen molar-refractivity contribution in [2.45, 2.75) is 0 Å². The highest BCUT2D eigenvalue weighted by Crippen LogP contribution is 1.98. The predicted molar refractivity (Wildman–Crippen MR) is 20.7 cm³/mol. The molecule has 0 bridgehead atoms. The fraction of sp³-hybridized carbons (Fsp3) is 0. The van der Waals surface area contributed by atoms with Crippen LogP contribution >= 0.6 is 8.25 Å². The van der Waals surface area contributed by atoms with Gasteiger partial charge in [0, 0.05) is 4.57 Å². The van der Waals surface area contributed by atoms with Crippen LogP contribution in [0.1, 0.15) is 0 Å². The molecule has 0 aromatic heterocycles. The Kier molecular flexibility index (Phi) is 24.8. The van der Waals surface area contributed by atoms with E-state index in [1.54, 1.807) is 0 Å². The van der Waals surface area contributed by atoms with Gasteiger partial charge in [0.1, 0.15) is 0 Å². The first kappa shape index (κ1) is 16.8. The van der Waals surface area contributed by atoms with Crippen molar-refractivity contribution in [1.29, 1.82) is 0 Å². The Labute approximate surface area is 35.5 Å². The van der Waals surface area contributed by atoms with Gasteiger partial charge < -0.3 is 11.6 Å². The third-order valence-corrected chi connectivity index (χ3v) is 0. The van der Waals surface area contributed by atoms with E-state index in [1.165, 1.54) is 0 Å². The third kappa shape index (κ3) is 9460. The monoisotopic (exact) mass is 116 g/mol. The highest BCUT2D eigenvalue weighted by Gasteiger charge is 1.93. The van der Waals surface area contributed by atoms with Gasteiger partial charge in [0.15, 0.2) is 0 Å². The molecule has 0 radical (unpaired) electrons. The van der Waals surface area contributed by atoms with Crippen molar-refractivity contribution in [3.05, 3.63) is 0 Å². The molecule has 5 nitrogen and oxygen atoms in total. The largest absolute Gasteiger partial charge is 0.692 e. The van der Waals surface area contributed by atoms with Crippen LogP contribution in [-0.2, 0) is 4.57 Å². The summed E-state index contributed by atoms with van der Waals surface area (Å²) in [4.78, 5) is 14.2. The van der Waals surface area contributed by atoms with E-state index in [0.717, 1.165) is 0 Å². The van der Waals surface area contributed by atoms with E-state index < -0.39 is 8.25 Å². The molecule has 0 aliphatic carbocycles. The van der Waals surface area contributed by atoms with Crippen LogP contribution in [-0.4, -0.2) is 15.3 Å². The Morgan fingerprint density at radius 1 is 1.33 bits per heavy atom. The van der Waals surface area contributed by atoms with Crippen LogP contribution in [0.2, 0.25) is 0 Å². The van der Waals surface area contributed by atoms with Gasteiger partial charge in [-0.05, 0) is 0 Å². The van der Waals surface area contributed by atoms with Gasteiger partial charge in [-0.2, -0.15) is 0 Å². The molecule has 6 heavy (non-hydrogen) atoms. The molecule has 0 rings (SSSR count). The molecule has 0 aromatic rings. The van der Waals surface area contributed by atoms with Gasteiger partial charge in [-0.1, -0.05) is 0 Å². The number of hydrogen-bond acceptors (Lipinski definition) is 2. The Hall–Kier alpha value is -0.0600. The molecular weight excluding hydrogens is 109 g/mol. The maximum atomic E-state index is 8.70. The Morgan fingerprint density at radius 2 is 1.33 bits per heavy atom. The topological polar surface area (TPSA) is 124 Å². The van der Waals surface area contributed by atoms with Crippen LogP contribution in [0.3, 0.4) is 0 Å². The molecule has 0 atom stereocenters. The van der Waals surface area contributed by atoms with Crippen molar-refractivity contribution in [2.24, 2.45) is 0 Å². The molecule has 0 unspecified atom stereocenters. The Bertz CT molecular complexity index is 30.5. The van der Waals surface area contributed by atoms with Crippen molar-refractivity contribution in [3.8, 4) is 0 Å². The average Bonchev–Trinajstić information content (AvgIpc) is 0.811. The smallest absolute Gasteiger partial charge is 0.412 e. The quantitative estimate of drug-likeness (QED) is 0.349. The summed E-state index contributed by atoms with van der Waals surface area (Å²) in [6.45, 7) is 0. The van der Waals surface area contributed by atoms with E-state index in [2.05, 4.69) is 0 Å². The van der Waals surface area contributed by atoms with Crippen LogP contribution in [0.15, 0.2) is 0 Å². The minimum atomic E-state index is -2.87. The van der Waals surface area contributed by atoms with Gasteiger partial charge >= 0.3 is 8.25 Å². The summed E-state index contributed by atoms with van der Waals surface area (Å²) in [5.74, 6) is 0. The third-order valence-electron chi connectivity index (χ3n) is 0. The van der Waals surface area contributed by atoms with Crippen LogP contribution in [0.4, 0.5) is 0 Å². The zero-order valence-electron chi connectivity index (χ0n) is 2.96. The van der Waals surface area contributed by atoms with Crippen molar-refractivity contribution < 1.29 is 19.8 Å². The minimum Gasteiger partial charge on any atom is -0.412 e. The van der Waals surface area contributed by atoms with Crippen LogP contribution in [0, 0.1) is 0 Å². The molecule has 0 saturated heterocycles. The van der Waals surface area contributed by atoms with E-state index in [4.69, 9.17) is 14.4 Å². The Balaban J connectivity index is -0.0000000450. The van der Waals surface area contributed by atoms with E-state index in [-0.39, 0.29) is 11.6 Å². The van der Waals surface area contributed by atoms with Crippen LogP contribution in [0.5, 0.6) is 0 Å². The summed E-state index contributed by atoms with van der Waals surface area (Å²) >= 11 is 0. The Morgan fingerprint density at radius 3 is 1.33 bits per heavy atom. The predicted octanol–water partition coefficient (Wildman–Crippen LogP) is -1.03. The zero-order chi connectivity index (χ0) is 3.58. The molecule has 40 valence electrons. The molecule has 6 heteroatoms. The average molecular weight is 116 g/mol.